The number of nitrogens with zero attached hydrogens (tertiary/aromatic N) is 3. The number of carbonyl (C=O) groups is 1. The molecule has 0 N–H and O–H groups in total. The largest absolute Gasteiger partial charge is 0.337 e. The highest BCUT2D eigenvalue weighted by Crippen LogP contribution is 2.27. The van der Waals surface area contributed by atoms with Crippen LogP contribution in [-0.4, -0.2) is 56.3 Å². The molecule has 0 aliphatic carbocycles. The number of benzene rings is 3. The van der Waals surface area contributed by atoms with Crippen LogP contribution in [0.4, 0.5) is 5.69 Å². The van der Waals surface area contributed by atoms with Gasteiger partial charge in [-0.3, -0.25) is 14.0 Å². The van der Waals surface area contributed by atoms with Crippen molar-refractivity contribution < 1.29 is 13.2 Å². The number of para-hydroxylation sites is 1. The van der Waals surface area contributed by atoms with Gasteiger partial charge in [-0.25, -0.2) is 8.42 Å². The lowest BCUT2D eigenvalue weighted by molar-refractivity contribution is 0.0780. The molecule has 0 spiro atoms. The molecule has 0 saturated carbocycles. The van der Waals surface area contributed by atoms with Gasteiger partial charge < -0.3 is 4.90 Å². The highest BCUT2D eigenvalue weighted by Gasteiger charge is 2.33. The second-order valence-corrected chi connectivity index (χ2v) is 11.2. The van der Waals surface area contributed by atoms with Crippen molar-refractivity contribution in [3.05, 3.63) is 96.1 Å². The fraction of sp³-hybridized carbons (Fsp3) is 0.321. The Morgan fingerprint density at radius 1 is 0.857 bits per heavy atom. The third-order valence-electron chi connectivity index (χ3n) is 6.99. The van der Waals surface area contributed by atoms with Gasteiger partial charge >= 0.3 is 0 Å². The Labute approximate surface area is 207 Å². The van der Waals surface area contributed by atoms with E-state index in [1.165, 1.54) is 23.2 Å². The molecule has 2 aliphatic rings. The molecule has 1 unspecified atom stereocenters. The summed E-state index contributed by atoms with van der Waals surface area (Å²) in [6.45, 7) is 3.84. The molecular formula is C28H31N3O3S. The predicted molar refractivity (Wildman–Crippen MR) is 138 cm³/mol. The zero-order chi connectivity index (χ0) is 24.3. The second kappa shape index (κ2) is 10.2. The molecule has 1 atom stereocenters. The highest BCUT2D eigenvalue weighted by molar-refractivity contribution is 7.92. The van der Waals surface area contributed by atoms with E-state index in [0.29, 0.717) is 30.4 Å². The van der Waals surface area contributed by atoms with Gasteiger partial charge in [-0.15, -0.1) is 0 Å². The van der Waals surface area contributed by atoms with Gasteiger partial charge in [0.25, 0.3) is 15.9 Å². The molecule has 2 fully saturated rings. The van der Waals surface area contributed by atoms with Gasteiger partial charge in [0.15, 0.2) is 0 Å². The van der Waals surface area contributed by atoms with Gasteiger partial charge in [0.05, 0.1) is 17.1 Å². The number of rotatable bonds is 7. The Kier molecular flexibility index (Phi) is 6.88. The fourth-order valence-electron chi connectivity index (χ4n) is 5.09. The van der Waals surface area contributed by atoms with Gasteiger partial charge in [0, 0.05) is 24.7 Å². The first-order valence-corrected chi connectivity index (χ1v) is 13.7. The normalized spacial score (nSPS) is 18.6. The van der Waals surface area contributed by atoms with Crippen LogP contribution >= 0.6 is 0 Å². The third-order valence-corrected chi connectivity index (χ3v) is 8.76. The van der Waals surface area contributed by atoms with E-state index in [9.17, 15) is 13.2 Å². The van der Waals surface area contributed by atoms with Crippen LogP contribution < -0.4 is 4.31 Å². The van der Waals surface area contributed by atoms with Crippen LogP contribution in [0.2, 0.25) is 0 Å². The number of hydrogen-bond acceptors (Lipinski definition) is 4. The Hall–Kier alpha value is -3.16. The molecule has 0 bridgehead atoms. The first-order chi connectivity index (χ1) is 17.0. The summed E-state index contributed by atoms with van der Waals surface area (Å²) in [4.78, 5) is 17.8. The number of sulfonamides is 1. The number of anilines is 1. The fourth-order valence-corrected chi connectivity index (χ4v) is 6.59. The topological polar surface area (TPSA) is 60.9 Å². The molecule has 35 heavy (non-hydrogen) atoms. The molecule has 3 aromatic carbocycles. The summed E-state index contributed by atoms with van der Waals surface area (Å²) in [5.41, 5.74) is 1.89. The van der Waals surface area contributed by atoms with Crippen molar-refractivity contribution in [1.29, 1.82) is 0 Å². The smallest absolute Gasteiger partial charge is 0.264 e. The predicted octanol–water partition coefficient (Wildman–Crippen LogP) is 4.39. The van der Waals surface area contributed by atoms with E-state index in [2.05, 4.69) is 4.90 Å². The molecule has 6 nitrogen and oxygen atoms in total. The van der Waals surface area contributed by atoms with Crippen molar-refractivity contribution in [2.75, 3.05) is 30.5 Å². The van der Waals surface area contributed by atoms with E-state index >= 15 is 0 Å². The molecule has 7 heteroatoms. The van der Waals surface area contributed by atoms with Crippen LogP contribution in [0.3, 0.4) is 0 Å². The van der Waals surface area contributed by atoms with Crippen LogP contribution in [0, 0.1) is 0 Å². The minimum Gasteiger partial charge on any atom is -0.337 e. The Bertz CT molecular complexity index is 1260. The molecular weight excluding hydrogens is 458 g/mol. The number of hydrogen-bond donors (Lipinski definition) is 0. The minimum atomic E-state index is -3.90. The quantitative estimate of drug-likeness (QED) is 0.494. The van der Waals surface area contributed by atoms with E-state index in [1.807, 2.05) is 53.4 Å². The maximum atomic E-state index is 13.9. The molecule has 2 saturated heterocycles. The van der Waals surface area contributed by atoms with Gasteiger partial charge in [-0.2, -0.15) is 0 Å². The van der Waals surface area contributed by atoms with Gasteiger partial charge in [0.1, 0.15) is 0 Å². The van der Waals surface area contributed by atoms with Gasteiger partial charge in [0.2, 0.25) is 0 Å². The third kappa shape index (κ3) is 5.11. The van der Waals surface area contributed by atoms with Crippen LogP contribution in [-0.2, 0) is 16.6 Å². The van der Waals surface area contributed by atoms with E-state index in [4.69, 9.17) is 0 Å². The lowest BCUT2D eigenvalue weighted by Crippen LogP contribution is -2.37. The monoisotopic (exact) mass is 489 g/mol. The lowest BCUT2D eigenvalue weighted by Gasteiger charge is -2.25. The van der Waals surface area contributed by atoms with Crippen molar-refractivity contribution in [1.82, 2.24) is 9.80 Å². The summed E-state index contributed by atoms with van der Waals surface area (Å²) in [6, 6.07) is 25.5. The standard InChI is InChI=1S/C28H31N3O3S/c32-28(30-19-16-26(22-30)29-17-7-8-18-29)24-12-9-15-27(20-24)35(33,34)31(25-13-5-2-6-14-25)21-23-10-3-1-4-11-23/h1-6,9-15,20,26H,7-8,16-19,21-22H2. The lowest BCUT2D eigenvalue weighted by atomic mass is 10.2. The van der Waals surface area contributed by atoms with Crippen molar-refractivity contribution in [2.45, 2.75) is 36.7 Å². The Morgan fingerprint density at radius 3 is 2.26 bits per heavy atom. The highest BCUT2D eigenvalue weighted by atomic mass is 32.2. The van der Waals surface area contributed by atoms with Crippen LogP contribution in [0.15, 0.2) is 89.8 Å². The van der Waals surface area contributed by atoms with Crippen molar-refractivity contribution in [3.8, 4) is 0 Å². The number of amides is 1. The average Bonchev–Trinajstić information content (AvgIpc) is 3.60. The Balaban J connectivity index is 1.40. The van der Waals surface area contributed by atoms with Gasteiger partial charge in [-0.1, -0.05) is 54.6 Å². The molecule has 3 aromatic rings. The molecule has 2 aliphatic heterocycles. The molecule has 5 rings (SSSR count). The maximum absolute atomic E-state index is 13.9. The Morgan fingerprint density at radius 2 is 1.54 bits per heavy atom. The molecule has 2 heterocycles. The summed E-state index contributed by atoms with van der Waals surface area (Å²) >= 11 is 0. The first-order valence-electron chi connectivity index (χ1n) is 12.3. The van der Waals surface area contributed by atoms with Crippen LogP contribution in [0.1, 0.15) is 35.2 Å². The molecule has 182 valence electrons. The van der Waals surface area contributed by atoms with E-state index in [0.717, 1.165) is 25.1 Å². The average molecular weight is 490 g/mol. The SMILES string of the molecule is O=C(c1cccc(S(=O)(=O)N(Cc2ccccc2)c2ccccc2)c1)N1CCC(N2CCCC2)C1. The summed E-state index contributed by atoms with van der Waals surface area (Å²) in [7, 11) is -3.90. The van der Waals surface area contributed by atoms with E-state index in [-0.39, 0.29) is 17.3 Å². The van der Waals surface area contributed by atoms with Crippen molar-refractivity contribution in [2.24, 2.45) is 0 Å². The molecule has 1 amide bonds. The van der Waals surface area contributed by atoms with Crippen LogP contribution in [0.25, 0.3) is 0 Å². The maximum Gasteiger partial charge on any atom is 0.264 e. The van der Waals surface area contributed by atoms with E-state index in [1.54, 1.807) is 30.3 Å². The summed E-state index contributed by atoms with van der Waals surface area (Å²) in [5, 5.41) is 0. The zero-order valence-electron chi connectivity index (χ0n) is 19.8. The second-order valence-electron chi connectivity index (χ2n) is 9.30. The van der Waals surface area contributed by atoms with Gasteiger partial charge in [-0.05, 0) is 68.2 Å². The first kappa shape index (κ1) is 23.6. The van der Waals surface area contributed by atoms with E-state index < -0.39 is 10.0 Å². The number of carbonyl (C=O) groups excluding carboxylic acids is 1. The van der Waals surface area contributed by atoms with Crippen molar-refractivity contribution >= 4 is 21.6 Å². The summed E-state index contributed by atoms with van der Waals surface area (Å²) < 4.78 is 29.1. The number of likely N-dealkylation sites (tertiary alicyclic amines) is 2. The molecule has 0 aromatic heterocycles. The zero-order valence-corrected chi connectivity index (χ0v) is 20.6. The summed E-state index contributed by atoms with van der Waals surface area (Å²) in [6.07, 6.45) is 3.43. The minimum absolute atomic E-state index is 0.0990. The molecule has 0 radical (unpaired) electrons. The van der Waals surface area contributed by atoms with Crippen molar-refractivity contribution in [3.63, 3.8) is 0 Å². The van der Waals surface area contributed by atoms with Crippen LogP contribution in [0.5, 0.6) is 0 Å². The summed E-state index contributed by atoms with van der Waals surface area (Å²) in [5.74, 6) is -0.0990.